The van der Waals surface area contributed by atoms with Crippen LogP contribution >= 0.6 is 27.7 Å². The summed E-state index contributed by atoms with van der Waals surface area (Å²) in [5.74, 6) is 1.15. The average Bonchev–Trinajstić information content (AvgIpc) is 3.17. The number of ether oxygens (including phenoxy) is 2. The normalized spacial score (nSPS) is 15.8. The van der Waals surface area contributed by atoms with Gasteiger partial charge in [-0.3, -0.25) is 9.69 Å². The first-order valence-electron chi connectivity index (χ1n) is 11.5. The van der Waals surface area contributed by atoms with E-state index in [4.69, 9.17) is 14.5 Å². The van der Waals surface area contributed by atoms with E-state index in [9.17, 15) is 4.79 Å². The van der Waals surface area contributed by atoms with Crippen LogP contribution in [0.3, 0.4) is 0 Å². The van der Waals surface area contributed by atoms with Gasteiger partial charge in [-0.2, -0.15) is 0 Å². The highest BCUT2D eigenvalue weighted by atomic mass is 79.9. The number of rotatable bonds is 8. The number of para-hydroxylation sites is 2. The number of halogens is 1. The molecular formula is C28H27BrN2O3S. The Morgan fingerprint density at radius 2 is 1.80 bits per heavy atom. The number of carbonyl (C=O) groups is 1. The van der Waals surface area contributed by atoms with Crippen molar-refractivity contribution in [2.75, 3.05) is 13.7 Å². The maximum Gasteiger partial charge on any atom is 0.266 e. The van der Waals surface area contributed by atoms with Gasteiger partial charge in [0.15, 0.2) is 16.7 Å². The number of hydrogen-bond donors (Lipinski definition) is 0. The SMILES string of the molecule is CCc1ccccc1N=C1S/C(=C/c2cccc(OC)c2OCc2ccc(Br)cc2)C(=O)N1CC. The van der Waals surface area contributed by atoms with Crippen LogP contribution in [0, 0.1) is 0 Å². The number of hydrogen-bond acceptors (Lipinski definition) is 5. The van der Waals surface area contributed by atoms with Crippen LogP contribution < -0.4 is 9.47 Å². The highest BCUT2D eigenvalue weighted by Crippen LogP contribution is 2.38. The second-order valence-electron chi connectivity index (χ2n) is 7.83. The van der Waals surface area contributed by atoms with Crippen molar-refractivity contribution in [3.05, 3.63) is 92.8 Å². The molecule has 0 unspecified atom stereocenters. The van der Waals surface area contributed by atoms with Gasteiger partial charge in [0.2, 0.25) is 0 Å². The molecule has 0 bridgehead atoms. The Morgan fingerprint density at radius 3 is 2.51 bits per heavy atom. The molecule has 1 aliphatic rings. The Balaban J connectivity index is 1.66. The summed E-state index contributed by atoms with van der Waals surface area (Å²) >= 11 is 4.84. The molecule has 5 nitrogen and oxygen atoms in total. The van der Waals surface area contributed by atoms with Gasteiger partial charge >= 0.3 is 0 Å². The van der Waals surface area contributed by atoms with Gasteiger partial charge in [-0.1, -0.05) is 65.3 Å². The molecule has 0 radical (unpaired) electrons. The quantitative estimate of drug-likeness (QED) is 0.278. The van der Waals surface area contributed by atoms with Gasteiger partial charge < -0.3 is 9.47 Å². The average molecular weight is 552 g/mol. The van der Waals surface area contributed by atoms with Crippen molar-refractivity contribution >= 4 is 50.5 Å². The number of aliphatic imine (C=N–C) groups is 1. The fraction of sp³-hybridized carbons (Fsp3) is 0.214. The monoisotopic (exact) mass is 550 g/mol. The van der Waals surface area contributed by atoms with Gasteiger partial charge in [-0.15, -0.1) is 0 Å². The lowest BCUT2D eigenvalue weighted by Gasteiger charge is -2.14. The number of carbonyl (C=O) groups excluding carboxylic acids is 1. The van der Waals surface area contributed by atoms with Crippen LogP contribution in [0.2, 0.25) is 0 Å². The number of amides is 1. The van der Waals surface area contributed by atoms with Crippen molar-refractivity contribution in [1.82, 2.24) is 4.90 Å². The zero-order valence-corrected chi connectivity index (χ0v) is 22.4. The second kappa shape index (κ2) is 11.6. The van der Waals surface area contributed by atoms with Crippen molar-refractivity contribution < 1.29 is 14.3 Å². The summed E-state index contributed by atoms with van der Waals surface area (Å²) < 4.78 is 12.8. The third-order valence-corrected chi connectivity index (χ3v) is 7.14. The van der Waals surface area contributed by atoms with Gasteiger partial charge in [-0.25, -0.2) is 4.99 Å². The Kier molecular flexibility index (Phi) is 8.31. The lowest BCUT2D eigenvalue weighted by atomic mass is 10.1. The molecule has 180 valence electrons. The van der Waals surface area contributed by atoms with Gasteiger partial charge in [0.1, 0.15) is 6.61 Å². The molecule has 35 heavy (non-hydrogen) atoms. The van der Waals surface area contributed by atoms with E-state index >= 15 is 0 Å². The molecule has 3 aromatic carbocycles. The smallest absolute Gasteiger partial charge is 0.266 e. The molecule has 3 aromatic rings. The van der Waals surface area contributed by atoms with Crippen LogP contribution in [-0.2, 0) is 17.8 Å². The van der Waals surface area contributed by atoms with E-state index in [-0.39, 0.29) is 5.91 Å². The fourth-order valence-electron chi connectivity index (χ4n) is 3.73. The predicted molar refractivity (Wildman–Crippen MR) is 147 cm³/mol. The molecule has 4 rings (SSSR count). The van der Waals surface area contributed by atoms with Crippen LogP contribution in [0.4, 0.5) is 5.69 Å². The molecule has 0 saturated carbocycles. The Morgan fingerprint density at radius 1 is 1.03 bits per heavy atom. The topological polar surface area (TPSA) is 51.1 Å². The molecule has 0 aromatic heterocycles. The lowest BCUT2D eigenvalue weighted by Crippen LogP contribution is -2.28. The standard InChI is InChI=1S/C28H27BrN2O3S/c1-4-20-9-6-7-11-23(20)30-28-31(5-2)27(32)25(35-28)17-21-10-8-12-24(33-3)26(21)34-18-19-13-15-22(29)16-14-19/h6-17H,4-5,18H2,1-3H3/b25-17+,30-28?. The summed E-state index contributed by atoms with van der Waals surface area (Å²) in [6.45, 7) is 4.99. The molecule has 1 amide bonds. The van der Waals surface area contributed by atoms with Crippen LogP contribution in [-0.4, -0.2) is 29.6 Å². The largest absolute Gasteiger partial charge is 0.493 e. The molecule has 1 saturated heterocycles. The Labute approximate surface area is 219 Å². The van der Waals surface area contributed by atoms with Crippen molar-refractivity contribution in [3.63, 3.8) is 0 Å². The van der Waals surface area contributed by atoms with Crippen LogP contribution in [0.5, 0.6) is 11.5 Å². The van der Waals surface area contributed by atoms with Gasteiger partial charge in [-0.05, 0) is 66.6 Å². The molecule has 1 fully saturated rings. The number of amidine groups is 1. The molecule has 0 N–H and O–H groups in total. The molecule has 1 aliphatic heterocycles. The second-order valence-corrected chi connectivity index (χ2v) is 9.76. The number of benzene rings is 3. The number of likely N-dealkylation sites (N-methyl/N-ethyl adjacent to an activating group) is 1. The molecule has 0 aliphatic carbocycles. The highest BCUT2D eigenvalue weighted by molar-refractivity contribution is 9.10. The first-order chi connectivity index (χ1) is 17.0. The number of nitrogens with zero attached hydrogens (tertiary/aromatic N) is 2. The highest BCUT2D eigenvalue weighted by Gasteiger charge is 2.32. The zero-order valence-electron chi connectivity index (χ0n) is 20.0. The summed E-state index contributed by atoms with van der Waals surface area (Å²) in [5.41, 5.74) is 3.86. The van der Waals surface area contributed by atoms with Crippen LogP contribution in [0.1, 0.15) is 30.5 Å². The lowest BCUT2D eigenvalue weighted by molar-refractivity contribution is -0.122. The number of methoxy groups -OCH3 is 1. The van der Waals surface area contributed by atoms with Gasteiger partial charge in [0.05, 0.1) is 17.7 Å². The third kappa shape index (κ3) is 5.80. The van der Waals surface area contributed by atoms with E-state index < -0.39 is 0 Å². The minimum atomic E-state index is -0.0630. The molecule has 7 heteroatoms. The van der Waals surface area contributed by atoms with Crippen LogP contribution in [0.15, 0.2) is 81.1 Å². The summed E-state index contributed by atoms with van der Waals surface area (Å²) in [6, 6.07) is 21.7. The molecule has 0 atom stereocenters. The molecular weight excluding hydrogens is 524 g/mol. The first-order valence-corrected chi connectivity index (χ1v) is 13.1. The van der Waals surface area contributed by atoms with Gasteiger partial charge in [0.25, 0.3) is 5.91 Å². The minimum Gasteiger partial charge on any atom is -0.493 e. The van der Waals surface area contributed by atoms with E-state index in [2.05, 4.69) is 28.9 Å². The van der Waals surface area contributed by atoms with Crippen molar-refractivity contribution in [2.45, 2.75) is 26.9 Å². The summed E-state index contributed by atoms with van der Waals surface area (Å²) in [7, 11) is 1.61. The maximum atomic E-state index is 13.3. The molecule has 1 heterocycles. The summed E-state index contributed by atoms with van der Waals surface area (Å²) in [6.07, 6.45) is 2.74. The maximum absolute atomic E-state index is 13.3. The minimum absolute atomic E-state index is 0.0630. The molecule has 0 spiro atoms. The Hall–Kier alpha value is -3.03. The van der Waals surface area contributed by atoms with E-state index in [0.717, 1.165) is 33.3 Å². The van der Waals surface area contributed by atoms with Crippen molar-refractivity contribution in [3.8, 4) is 11.5 Å². The van der Waals surface area contributed by atoms with E-state index in [0.29, 0.717) is 34.7 Å². The van der Waals surface area contributed by atoms with Gasteiger partial charge in [0, 0.05) is 16.6 Å². The van der Waals surface area contributed by atoms with Crippen molar-refractivity contribution in [2.24, 2.45) is 4.99 Å². The number of thioether (sulfide) groups is 1. The van der Waals surface area contributed by atoms with Crippen LogP contribution in [0.25, 0.3) is 6.08 Å². The first kappa shape index (κ1) is 25.1. The number of aryl methyl sites for hydroxylation is 1. The fourth-order valence-corrected chi connectivity index (χ4v) is 5.04. The third-order valence-electron chi connectivity index (χ3n) is 5.61. The van der Waals surface area contributed by atoms with E-state index in [1.165, 1.54) is 11.8 Å². The Bertz CT molecular complexity index is 1270. The zero-order chi connectivity index (χ0) is 24.8. The summed E-state index contributed by atoms with van der Waals surface area (Å²) in [5, 5.41) is 0.685. The van der Waals surface area contributed by atoms with Crippen molar-refractivity contribution in [1.29, 1.82) is 0 Å². The predicted octanol–water partition coefficient (Wildman–Crippen LogP) is 7.22. The van der Waals surface area contributed by atoms with E-state index in [1.54, 1.807) is 12.0 Å². The summed E-state index contributed by atoms with van der Waals surface area (Å²) in [4.78, 5) is 20.4. The van der Waals surface area contributed by atoms with E-state index in [1.807, 2.05) is 73.7 Å².